The standard InChI is InChI=1S/C17H25NO2S/c1-12(2)17(19)9-8-15-6-5-7-16(10-15)20-13(3)11-18-14(4)21/h5-10,12-14,18,21H,11H2,1-4H3/b9-8+/t13-,14+/m1/s1. The van der Waals surface area contributed by atoms with Gasteiger partial charge in [0.2, 0.25) is 0 Å². The molecule has 1 N–H and O–H groups in total. The summed E-state index contributed by atoms with van der Waals surface area (Å²) in [6, 6.07) is 7.74. The average Bonchev–Trinajstić information content (AvgIpc) is 2.42. The molecule has 4 heteroatoms. The third-order valence-electron chi connectivity index (χ3n) is 2.91. The van der Waals surface area contributed by atoms with E-state index in [2.05, 4.69) is 17.9 Å². The lowest BCUT2D eigenvalue weighted by Gasteiger charge is -2.17. The van der Waals surface area contributed by atoms with Gasteiger partial charge in [-0.1, -0.05) is 32.1 Å². The lowest BCUT2D eigenvalue weighted by Crippen LogP contribution is -2.32. The summed E-state index contributed by atoms with van der Waals surface area (Å²) in [7, 11) is 0. The summed E-state index contributed by atoms with van der Waals surface area (Å²) < 4.78 is 5.84. The number of nitrogens with one attached hydrogen (secondary N) is 1. The molecule has 116 valence electrons. The van der Waals surface area contributed by atoms with Gasteiger partial charge in [0.15, 0.2) is 5.78 Å². The summed E-state index contributed by atoms with van der Waals surface area (Å²) in [6.07, 6.45) is 3.50. The molecule has 0 bridgehead atoms. The Balaban J connectivity index is 2.62. The molecule has 0 saturated heterocycles. The third-order valence-corrected chi connectivity index (χ3v) is 3.09. The van der Waals surface area contributed by atoms with Gasteiger partial charge in [-0.3, -0.25) is 4.79 Å². The molecular weight excluding hydrogens is 282 g/mol. The maximum Gasteiger partial charge on any atom is 0.158 e. The highest BCUT2D eigenvalue weighted by molar-refractivity contribution is 7.80. The highest BCUT2D eigenvalue weighted by Gasteiger charge is 2.06. The molecule has 0 aliphatic heterocycles. The van der Waals surface area contributed by atoms with Crippen molar-refractivity contribution in [3.8, 4) is 5.75 Å². The Kier molecular flexibility index (Phi) is 7.54. The Morgan fingerprint density at radius 3 is 2.67 bits per heavy atom. The van der Waals surface area contributed by atoms with Crippen molar-refractivity contribution in [2.45, 2.75) is 39.2 Å². The predicted molar refractivity (Wildman–Crippen MR) is 91.9 cm³/mol. The average molecular weight is 307 g/mol. The van der Waals surface area contributed by atoms with E-state index in [0.29, 0.717) is 0 Å². The molecule has 0 amide bonds. The first-order valence-corrected chi connectivity index (χ1v) is 7.80. The number of benzene rings is 1. The van der Waals surface area contributed by atoms with Crippen molar-refractivity contribution < 1.29 is 9.53 Å². The van der Waals surface area contributed by atoms with Gasteiger partial charge in [-0.2, -0.15) is 12.6 Å². The van der Waals surface area contributed by atoms with Crippen molar-refractivity contribution >= 4 is 24.5 Å². The van der Waals surface area contributed by atoms with E-state index in [4.69, 9.17) is 4.74 Å². The molecule has 0 fully saturated rings. The van der Waals surface area contributed by atoms with Crippen LogP contribution in [0.2, 0.25) is 0 Å². The van der Waals surface area contributed by atoms with Crippen molar-refractivity contribution in [2.24, 2.45) is 5.92 Å². The summed E-state index contributed by atoms with van der Waals surface area (Å²) in [6.45, 7) is 8.50. The fourth-order valence-electron chi connectivity index (χ4n) is 1.67. The van der Waals surface area contributed by atoms with Crippen LogP contribution in [0.4, 0.5) is 0 Å². The van der Waals surface area contributed by atoms with Crippen molar-refractivity contribution in [1.29, 1.82) is 0 Å². The van der Waals surface area contributed by atoms with Crippen LogP contribution < -0.4 is 10.1 Å². The zero-order chi connectivity index (χ0) is 15.8. The number of ketones is 1. The van der Waals surface area contributed by atoms with Gasteiger partial charge in [0.25, 0.3) is 0 Å². The molecule has 0 aliphatic rings. The lowest BCUT2D eigenvalue weighted by atomic mass is 10.1. The Hall–Kier alpha value is -1.26. The molecule has 21 heavy (non-hydrogen) atoms. The van der Waals surface area contributed by atoms with Crippen molar-refractivity contribution in [3.05, 3.63) is 35.9 Å². The summed E-state index contributed by atoms with van der Waals surface area (Å²) in [5.74, 6) is 0.951. The summed E-state index contributed by atoms with van der Waals surface area (Å²) in [4.78, 5) is 11.6. The maximum atomic E-state index is 11.6. The molecule has 0 heterocycles. The lowest BCUT2D eigenvalue weighted by molar-refractivity contribution is -0.117. The minimum absolute atomic E-state index is 0.0232. The third kappa shape index (κ3) is 7.34. The van der Waals surface area contributed by atoms with Crippen molar-refractivity contribution in [3.63, 3.8) is 0 Å². The van der Waals surface area contributed by atoms with Gasteiger partial charge in [-0.15, -0.1) is 0 Å². The molecule has 1 rings (SSSR count). The first-order chi connectivity index (χ1) is 9.88. The second-order valence-corrected chi connectivity index (χ2v) is 6.25. The van der Waals surface area contributed by atoms with E-state index in [1.807, 2.05) is 58.0 Å². The minimum atomic E-state index is 0.0232. The number of hydrogen-bond donors (Lipinski definition) is 2. The number of allylic oxidation sites excluding steroid dienone is 1. The topological polar surface area (TPSA) is 38.3 Å². The van der Waals surface area contributed by atoms with Crippen LogP contribution in [0.25, 0.3) is 6.08 Å². The number of carbonyl (C=O) groups is 1. The van der Waals surface area contributed by atoms with E-state index in [1.54, 1.807) is 6.08 Å². The van der Waals surface area contributed by atoms with E-state index in [9.17, 15) is 4.79 Å². The van der Waals surface area contributed by atoms with Crippen LogP contribution in [0.1, 0.15) is 33.3 Å². The summed E-state index contributed by atoms with van der Waals surface area (Å²) in [5.41, 5.74) is 0.962. The van der Waals surface area contributed by atoms with Gasteiger partial charge in [-0.05, 0) is 37.6 Å². The Morgan fingerprint density at radius 2 is 2.05 bits per heavy atom. The number of rotatable bonds is 8. The quantitative estimate of drug-likeness (QED) is 0.438. The highest BCUT2D eigenvalue weighted by Crippen LogP contribution is 2.16. The first kappa shape index (κ1) is 17.8. The summed E-state index contributed by atoms with van der Waals surface area (Å²) in [5, 5.41) is 3.36. The Labute approximate surface area is 133 Å². The van der Waals surface area contributed by atoms with Crippen LogP contribution in [-0.2, 0) is 4.79 Å². The molecular formula is C17H25NO2S. The van der Waals surface area contributed by atoms with Gasteiger partial charge in [0.05, 0.1) is 0 Å². The van der Waals surface area contributed by atoms with E-state index >= 15 is 0 Å². The van der Waals surface area contributed by atoms with E-state index in [-0.39, 0.29) is 23.2 Å². The maximum absolute atomic E-state index is 11.6. The predicted octanol–water partition coefficient (Wildman–Crippen LogP) is 3.56. The van der Waals surface area contributed by atoms with E-state index in [0.717, 1.165) is 17.9 Å². The van der Waals surface area contributed by atoms with Crippen molar-refractivity contribution in [1.82, 2.24) is 5.32 Å². The second kappa shape index (κ2) is 8.90. The van der Waals surface area contributed by atoms with Crippen LogP contribution in [0, 0.1) is 5.92 Å². The second-order valence-electron chi connectivity index (χ2n) is 5.48. The van der Waals surface area contributed by atoms with Crippen molar-refractivity contribution in [2.75, 3.05) is 6.54 Å². The van der Waals surface area contributed by atoms with Crippen LogP contribution in [-0.4, -0.2) is 23.8 Å². The van der Waals surface area contributed by atoms with Gasteiger partial charge >= 0.3 is 0 Å². The molecule has 1 aromatic carbocycles. The number of hydrogen-bond acceptors (Lipinski definition) is 4. The Morgan fingerprint density at radius 1 is 1.33 bits per heavy atom. The molecule has 3 nitrogen and oxygen atoms in total. The van der Waals surface area contributed by atoms with Crippen LogP contribution in [0.3, 0.4) is 0 Å². The van der Waals surface area contributed by atoms with E-state index in [1.165, 1.54) is 0 Å². The molecule has 2 atom stereocenters. The monoisotopic (exact) mass is 307 g/mol. The molecule has 0 aromatic heterocycles. The molecule has 0 radical (unpaired) electrons. The molecule has 0 spiro atoms. The van der Waals surface area contributed by atoms with Crippen LogP contribution >= 0.6 is 12.6 Å². The fourth-order valence-corrected chi connectivity index (χ4v) is 1.78. The number of carbonyl (C=O) groups excluding carboxylic acids is 1. The van der Waals surface area contributed by atoms with Crippen LogP contribution in [0.15, 0.2) is 30.3 Å². The highest BCUT2D eigenvalue weighted by atomic mass is 32.1. The van der Waals surface area contributed by atoms with Gasteiger partial charge in [0, 0.05) is 17.8 Å². The van der Waals surface area contributed by atoms with Gasteiger partial charge in [-0.25, -0.2) is 0 Å². The van der Waals surface area contributed by atoms with Gasteiger partial charge in [0.1, 0.15) is 11.9 Å². The molecule has 0 aliphatic carbocycles. The molecule has 0 saturated carbocycles. The van der Waals surface area contributed by atoms with Gasteiger partial charge < -0.3 is 10.1 Å². The normalized spacial score (nSPS) is 14.4. The first-order valence-electron chi connectivity index (χ1n) is 7.28. The fraction of sp³-hybridized carbons (Fsp3) is 0.471. The van der Waals surface area contributed by atoms with E-state index < -0.39 is 0 Å². The number of ether oxygens (including phenoxy) is 1. The molecule has 1 aromatic rings. The van der Waals surface area contributed by atoms with Crippen LogP contribution in [0.5, 0.6) is 5.75 Å². The Bertz CT molecular complexity index is 483. The zero-order valence-electron chi connectivity index (χ0n) is 13.2. The molecule has 0 unspecified atom stereocenters. The summed E-state index contributed by atoms with van der Waals surface area (Å²) >= 11 is 4.27. The minimum Gasteiger partial charge on any atom is -0.489 e. The zero-order valence-corrected chi connectivity index (χ0v) is 14.1. The smallest absolute Gasteiger partial charge is 0.158 e. The number of thiol groups is 1. The largest absolute Gasteiger partial charge is 0.489 e. The SMILES string of the molecule is CC(C)C(=O)/C=C/c1cccc(O[C@H](C)CN[C@H](C)S)c1.